The van der Waals surface area contributed by atoms with E-state index in [9.17, 15) is 0 Å². The summed E-state index contributed by atoms with van der Waals surface area (Å²) >= 11 is 5.84. The minimum absolute atomic E-state index is 0.407. The zero-order valence-corrected chi connectivity index (χ0v) is 12.4. The summed E-state index contributed by atoms with van der Waals surface area (Å²) in [6, 6.07) is 13.8. The lowest BCUT2D eigenvalue weighted by Crippen LogP contribution is -2.22. The molecular weight excluding hydrogens is 270 g/mol. The van der Waals surface area contributed by atoms with Crippen LogP contribution in [0, 0.1) is 13.8 Å². The van der Waals surface area contributed by atoms with Crippen LogP contribution in [-0.2, 0) is 6.54 Å². The Morgan fingerprint density at radius 1 is 1.10 bits per heavy atom. The number of nitrogens with zero attached hydrogens (tertiary/aromatic N) is 1. The van der Waals surface area contributed by atoms with Crippen molar-refractivity contribution in [3.05, 3.63) is 64.2 Å². The molecule has 0 amide bonds. The molecule has 3 N–H and O–H groups in total. The van der Waals surface area contributed by atoms with Gasteiger partial charge in [0.1, 0.15) is 0 Å². The van der Waals surface area contributed by atoms with Gasteiger partial charge in [0.2, 0.25) is 0 Å². The molecule has 0 unspecified atom stereocenters. The van der Waals surface area contributed by atoms with Gasteiger partial charge in [0.15, 0.2) is 5.96 Å². The second-order valence-electron chi connectivity index (χ2n) is 4.83. The van der Waals surface area contributed by atoms with E-state index in [1.54, 1.807) is 0 Å². The second-order valence-corrected chi connectivity index (χ2v) is 5.27. The molecule has 0 saturated carbocycles. The summed E-state index contributed by atoms with van der Waals surface area (Å²) in [5.74, 6) is 0.407. The third-order valence-electron chi connectivity index (χ3n) is 2.84. The SMILES string of the molecule is Cc1cc(C)cc(NC(N)=NCc2ccc(Cl)cc2)c1. The molecule has 0 aliphatic rings. The number of nitrogens with one attached hydrogen (secondary N) is 1. The standard InChI is InChI=1S/C16H18ClN3/c1-11-7-12(2)9-15(8-11)20-16(18)19-10-13-3-5-14(17)6-4-13/h3-9H,10H2,1-2H3,(H3,18,19,20). The van der Waals surface area contributed by atoms with Crippen LogP contribution in [0.5, 0.6) is 0 Å². The number of aliphatic imine (C=N–C) groups is 1. The van der Waals surface area contributed by atoms with E-state index >= 15 is 0 Å². The van der Waals surface area contributed by atoms with Crippen LogP contribution in [0.15, 0.2) is 47.5 Å². The molecule has 3 nitrogen and oxygen atoms in total. The Kier molecular flexibility index (Phi) is 4.64. The summed E-state index contributed by atoms with van der Waals surface area (Å²) in [4.78, 5) is 4.32. The molecule has 0 aromatic heterocycles. The third-order valence-corrected chi connectivity index (χ3v) is 3.09. The molecule has 0 radical (unpaired) electrons. The largest absolute Gasteiger partial charge is 0.370 e. The van der Waals surface area contributed by atoms with Crippen molar-refractivity contribution in [2.24, 2.45) is 10.7 Å². The van der Waals surface area contributed by atoms with Gasteiger partial charge in [-0.25, -0.2) is 4.99 Å². The monoisotopic (exact) mass is 287 g/mol. The van der Waals surface area contributed by atoms with E-state index in [0.29, 0.717) is 12.5 Å². The van der Waals surface area contributed by atoms with Crippen LogP contribution in [0.1, 0.15) is 16.7 Å². The van der Waals surface area contributed by atoms with Crippen molar-refractivity contribution in [1.29, 1.82) is 0 Å². The molecule has 0 aliphatic heterocycles. The number of hydrogen-bond donors (Lipinski definition) is 2. The Labute approximate surface area is 124 Å². The number of hydrogen-bond acceptors (Lipinski definition) is 1. The highest BCUT2D eigenvalue weighted by atomic mass is 35.5. The first-order valence-corrected chi connectivity index (χ1v) is 6.80. The van der Waals surface area contributed by atoms with Crippen LogP contribution in [-0.4, -0.2) is 5.96 Å². The first-order valence-electron chi connectivity index (χ1n) is 6.42. The van der Waals surface area contributed by atoms with Gasteiger partial charge in [-0.05, 0) is 54.8 Å². The number of anilines is 1. The number of aryl methyl sites for hydroxylation is 2. The zero-order valence-electron chi connectivity index (χ0n) is 11.7. The predicted octanol–water partition coefficient (Wildman–Crippen LogP) is 3.88. The van der Waals surface area contributed by atoms with E-state index in [0.717, 1.165) is 16.3 Å². The molecular formula is C16H18ClN3. The zero-order chi connectivity index (χ0) is 14.5. The lowest BCUT2D eigenvalue weighted by molar-refractivity contribution is 1.06. The quantitative estimate of drug-likeness (QED) is 0.665. The van der Waals surface area contributed by atoms with Crippen LogP contribution in [0.25, 0.3) is 0 Å². The van der Waals surface area contributed by atoms with Crippen LogP contribution < -0.4 is 11.1 Å². The van der Waals surface area contributed by atoms with Crippen LogP contribution >= 0.6 is 11.6 Å². The van der Waals surface area contributed by atoms with Crippen LogP contribution in [0.4, 0.5) is 5.69 Å². The maximum absolute atomic E-state index is 5.90. The van der Waals surface area contributed by atoms with Gasteiger partial charge in [0.05, 0.1) is 6.54 Å². The maximum atomic E-state index is 5.90. The fourth-order valence-electron chi connectivity index (χ4n) is 2.00. The molecule has 20 heavy (non-hydrogen) atoms. The first-order chi connectivity index (χ1) is 9.52. The molecule has 0 aliphatic carbocycles. The van der Waals surface area contributed by atoms with Gasteiger partial charge >= 0.3 is 0 Å². The van der Waals surface area contributed by atoms with E-state index in [1.807, 2.05) is 36.4 Å². The average Bonchev–Trinajstić information content (AvgIpc) is 2.37. The summed E-state index contributed by atoms with van der Waals surface area (Å²) < 4.78 is 0. The Bertz CT molecular complexity index is 598. The highest BCUT2D eigenvalue weighted by Gasteiger charge is 1.98. The summed E-state index contributed by atoms with van der Waals surface area (Å²) in [6.07, 6.45) is 0. The van der Waals surface area contributed by atoms with Gasteiger partial charge < -0.3 is 11.1 Å². The smallest absolute Gasteiger partial charge is 0.193 e. The molecule has 0 saturated heterocycles. The van der Waals surface area contributed by atoms with Crippen molar-refractivity contribution in [1.82, 2.24) is 0 Å². The number of halogens is 1. The maximum Gasteiger partial charge on any atom is 0.193 e. The number of nitrogens with two attached hydrogens (primary N) is 1. The number of guanidine groups is 1. The highest BCUT2D eigenvalue weighted by molar-refractivity contribution is 6.30. The third kappa shape index (κ3) is 4.28. The summed E-state index contributed by atoms with van der Waals surface area (Å²) in [5.41, 5.74) is 10.3. The van der Waals surface area contributed by atoms with Crippen molar-refractivity contribution in [3.63, 3.8) is 0 Å². The Morgan fingerprint density at radius 2 is 1.70 bits per heavy atom. The molecule has 0 bridgehead atoms. The van der Waals surface area contributed by atoms with Gasteiger partial charge in [0.25, 0.3) is 0 Å². The van der Waals surface area contributed by atoms with Gasteiger partial charge in [-0.1, -0.05) is 29.8 Å². The van der Waals surface area contributed by atoms with Crippen LogP contribution in [0.3, 0.4) is 0 Å². The first kappa shape index (κ1) is 14.4. The molecule has 0 spiro atoms. The van der Waals surface area contributed by atoms with Gasteiger partial charge in [-0.2, -0.15) is 0 Å². The molecule has 4 heteroatoms. The van der Waals surface area contributed by atoms with Crippen molar-refractivity contribution in [2.75, 3.05) is 5.32 Å². The van der Waals surface area contributed by atoms with E-state index in [-0.39, 0.29) is 0 Å². The Balaban J connectivity index is 2.01. The summed E-state index contributed by atoms with van der Waals surface area (Å²) in [5, 5.41) is 3.83. The molecule has 2 aromatic rings. The molecule has 104 valence electrons. The Hall–Kier alpha value is -2.00. The van der Waals surface area contributed by atoms with Gasteiger partial charge in [-0.15, -0.1) is 0 Å². The highest BCUT2D eigenvalue weighted by Crippen LogP contribution is 2.14. The lowest BCUT2D eigenvalue weighted by atomic mass is 10.1. The number of rotatable bonds is 3. The van der Waals surface area contributed by atoms with Crippen molar-refractivity contribution < 1.29 is 0 Å². The molecule has 2 rings (SSSR count). The molecule has 2 aromatic carbocycles. The lowest BCUT2D eigenvalue weighted by Gasteiger charge is -2.08. The average molecular weight is 288 g/mol. The topological polar surface area (TPSA) is 50.4 Å². The minimum atomic E-state index is 0.407. The fourth-order valence-corrected chi connectivity index (χ4v) is 2.13. The second kappa shape index (κ2) is 6.44. The van der Waals surface area contributed by atoms with Crippen molar-refractivity contribution in [3.8, 4) is 0 Å². The van der Waals surface area contributed by atoms with Crippen molar-refractivity contribution >= 4 is 23.2 Å². The van der Waals surface area contributed by atoms with Crippen molar-refractivity contribution in [2.45, 2.75) is 20.4 Å². The molecule has 0 heterocycles. The predicted molar refractivity (Wildman–Crippen MR) is 86.3 cm³/mol. The fraction of sp³-hybridized carbons (Fsp3) is 0.188. The Morgan fingerprint density at radius 3 is 2.30 bits per heavy atom. The van der Waals surface area contributed by atoms with Gasteiger partial charge in [-0.3, -0.25) is 0 Å². The summed E-state index contributed by atoms with van der Waals surface area (Å²) in [7, 11) is 0. The van der Waals surface area contributed by atoms with Gasteiger partial charge in [0, 0.05) is 10.7 Å². The summed E-state index contributed by atoms with van der Waals surface area (Å²) in [6.45, 7) is 4.64. The van der Waals surface area contributed by atoms with E-state index in [2.05, 4.69) is 30.2 Å². The normalized spacial score (nSPS) is 11.4. The van der Waals surface area contributed by atoms with Crippen LogP contribution in [0.2, 0.25) is 5.02 Å². The molecule has 0 fully saturated rings. The molecule has 0 atom stereocenters. The van der Waals surface area contributed by atoms with E-state index in [1.165, 1.54) is 11.1 Å². The van der Waals surface area contributed by atoms with E-state index < -0.39 is 0 Å². The van der Waals surface area contributed by atoms with E-state index in [4.69, 9.17) is 17.3 Å². The number of benzene rings is 2. The minimum Gasteiger partial charge on any atom is -0.370 e.